The fourth-order valence-electron chi connectivity index (χ4n) is 3.35. The second kappa shape index (κ2) is 6.54. The van der Waals surface area contributed by atoms with E-state index in [9.17, 15) is 0 Å². The molecule has 0 aromatic carbocycles. The minimum atomic E-state index is 0.803. The monoisotopic (exact) mass is 310 g/mol. The first-order valence-electron chi connectivity index (χ1n) is 8.39. The van der Waals surface area contributed by atoms with Gasteiger partial charge in [0, 0.05) is 55.5 Å². The number of fused-ring (bicyclic) bond motifs is 1. The molecule has 2 aromatic heterocycles. The molecule has 4 heterocycles. The summed E-state index contributed by atoms with van der Waals surface area (Å²) in [7, 11) is 0. The van der Waals surface area contributed by atoms with E-state index in [-0.39, 0.29) is 0 Å². The third-order valence-electron chi connectivity index (χ3n) is 4.74. The van der Waals surface area contributed by atoms with Gasteiger partial charge in [-0.3, -0.25) is 4.99 Å². The zero-order chi connectivity index (χ0) is 15.5. The number of hydrogen-bond acceptors (Lipinski definition) is 4. The van der Waals surface area contributed by atoms with Crippen LogP contribution in [-0.4, -0.2) is 47.4 Å². The van der Waals surface area contributed by atoms with Crippen LogP contribution in [0.15, 0.2) is 35.7 Å². The zero-order valence-electron chi connectivity index (χ0n) is 13.2. The number of H-pyrrole nitrogens is 1. The van der Waals surface area contributed by atoms with Crippen molar-refractivity contribution in [1.82, 2.24) is 14.9 Å². The highest BCUT2D eigenvalue weighted by atomic mass is 16.5. The molecule has 5 heteroatoms. The second-order valence-corrected chi connectivity index (χ2v) is 6.27. The quantitative estimate of drug-likeness (QED) is 0.944. The minimum Gasteiger partial charge on any atom is -0.381 e. The molecule has 1 saturated heterocycles. The Morgan fingerprint density at radius 3 is 3.13 bits per heavy atom. The Morgan fingerprint density at radius 2 is 2.22 bits per heavy atom. The van der Waals surface area contributed by atoms with Crippen LogP contribution in [0.1, 0.15) is 24.8 Å². The van der Waals surface area contributed by atoms with Gasteiger partial charge >= 0.3 is 0 Å². The van der Waals surface area contributed by atoms with E-state index in [1.807, 2.05) is 18.5 Å². The summed E-state index contributed by atoms with van der Waals surface area (Å²) in [4.78, 5) is 14.5. The maximum absolute atomic E-state index is 5.44. The first-order chi connectivity index (χ1) is 11.4. The fraction of sp³-hybridized carbons (Fsp3) is 0.444. The van der Waals surface area contributed by atoms with Crippen molar-refractivity contribution in [3.8, 4) is 0 Å². The molecular weight excluding hydrogens is 288 g/mol. The molecule has 23 heavy (non-hydrogen) atoms. The van der Waals surface area contributed by atoms with Crippen molar-refractivity contribution in [1.29, 1.82) is 0 Å². The van der Waals surface area contributed by atoms with Gasteiger partial charge in [-0.2, -0.15) is 0 Å². The second-order valence-electron chi connectivity index (χ2n) is 6.27. The standard InChI is InChI=1S/C18H22N4O/c1-2-15-16(12-21-18(15)20-6-1)17-13-22(9-7-19-17)8-3-14-4-10-23-11-5-14/h1-2,6-7,12-14H,3-5,8-11H2,(H,20,21). The highest BCUT2D eigenvalue weighted by Gasteiger charge is 2.16. The number of nitrogens with zero attached hydrogens (tertiary/aromatic N) is 3. The lowest BCUT2D eigenvalue weighted by Crippen LogP contribution is -2.27. The zero-order valence-corrected chi connectivity index (χ0v) is 13.2. The molecule has 2 aromatic rings. The Morgan fingerprint density at radius 1 is 1.30 bits per heavy atom. The van der Waals surface area contributed by atoms with Crippen molar-refractivity contribution in [2.24, 2.45) is 10.9 Å². The normalized spacial score (nSPS) is 19.3. The van der Waals surface area contributed by atoms with E-state index >= 15 is 0 Å². The largest absolute Gasteiger partial charge is 0.381 e. The maximum atomic E-state index is 5.44. The Hall–Kier alpha value is -2.14. The first kappa shape index (κ1) is 14.5. The molecule has 0 atom stereocenters. The molecule has 5 nitrogen and oxygen atoms in total. The Balaban J connectivity index is 1.48. The summed E-state index contributed by atoms with van der Waals surface area (Å²) < 4.78 is 5.44. The van der Waals surface area contributed by atoms with Crippen molar-refractivity contribution < 1.29 is 4.74 Å². The van der Waals surface area contributed by atoms with Crippen LogP contribution in [-0.2, 0) is 4.74 Å². The van der Waals surface area contributed by atoms with Gasteiger partial charge in [-0.25, -0.2) is 4.98 Å². The Bertz CT molecular complexity index is 727. The summed E-state index contributed by atoms with van der Waals surface area (Å²) in [6, 6.07) is 4.06. The van der Waals surface area contributed by atoms with Gasteiger partial charge in [0.15, 0.2) is 0 Å². The summed E-state index contributed by atoms with van der Waals surface area (Å²) in [5.74, 6) is 0.803. The number of aromatic amines is 1. The summed E-state index contributed by atoms with van der Waals surface area (Å²) >= 11 is 0. The van der Waals surface area contributed by atoms with Crippen molar-refractivity contribution in [2.75, 3.05) is 26.3 Å². The molecule has 0 aliphatic carbocycles. The molecule has 0 saturated carbocycles. The van der Waals surface area contributed by atoms with Crippen LogP contribution >= 0.6 is 0 Å². The van der Waals surface area contributed by atoms with Crippen LogP contribution in [0.25, 0.3) is 16.7 Å². The van der Waals surface area contributed by atoms with E-state index in [1.165, 1.54) is 19.3 Å². The molecule has 0 spiro atoms. The van der Waals surface area contributed by atoms with E-state index in [0.717, 1.165) is 54.5 Å². The summed E-state index contributed by atoms with van der Waals surface area (Å²) in [5, 5.41) is 1.13. The van der Waals surface area contributed by atoms with Gasteiger partial charge < -0.3 is 14.6 Å². The number of rotatable bonds is 4. The van der Waals surface area contributed by atoms with Crippen LogP contribution in [0.3, 0.4) is 0 Å². The van der Waals surface area contributed by atoms with Crippen LogP contribution in [0.2, 0.25) is 0 Å². The van der Waals surface area contributed by atoms with Crippen molar-refractivity contribution >= 4 is 22.9 Å². The van der Waals surface area contributed by atoms with Crippen LogP contribution in [0.4, 0.5) is 0 Å². The van der Waals surface area contributed by atoms with Gasteiger partial charge in [-0.15, -0.1) is 0 Å². The van der Waals surface area contributed by atoms with Gasteiger partial charge in [-0.1, -0.05) is 0 Å². The van der Waals surface area contributed by atoms with Gasteiger partial charge in [0.05, 0.1) is 12.2 Å². The molecule has 0 bridgehead atoms. The van der Waals surface area contributed by atoms with Crippen LogP contribution in [0.5, 0.6) is 0 Å². The molecule has 1 N–H and O–H groups in total. The van der Waals surface area contributed by atoms with Gasteiger partial charge in [0.2, 0.25) is 0 Å². The Labute approximate surface area is 136 Å². The van der Waals surface area contributed by atoms with Crippen molar-refractivity contribution in [3.63, 3.8) is 0 Å². The predicted octanol–water partition coefficient (Wildman–Crippen LogP) is 3.06. The highest BCUT2D eigenvalue weighted by Crippen LogP contribution is 2.27. The fourth-order valence-corrected chi connectivity index (χ4v) is 3.35. The third-order valence-corrected chi connectivity index (χ3v) is 4.74. The number of ether oxygens (including phenoxy) is 1. The number of aliphatic imine (C=N–C) groups is 1. The average Bonchev–Trinajstić information content (AvgIpc) is 3.05. The van der Waals surface area contributed by atoms with Gasteiger partial charge in [0.25, 0.3) is 0 Å². The molecular formula is C18H22N4O. The topological polar surface area (TPSA) is 53.5 Å². The highest BCUT2D eigenvalue weighted by molar-refractivity contribution is 5.92. The van der Waals surface area contributed by atoms with Crippen LogP contribution < -0.4 is 0 Å². The summed E-state index contributed by atoms with van der Waals surface area (Å²) in [6.45, 7) is 3.83. The molecule has 2 aliphatic heterocycles. The molecule has 4 rings (SSSR count). The molecule has 0 radical (unpaired) electrons. The number of nitrogens with one attached hydrogen (secondary N) is 1. The summed E-state index contributed by atoms with van der Waals surface area (Å²) in [6.07, 6.45) is 11.6. The Kier molecular flexibility index (Phi) is 4.11. The predicted molar refractivity (Wildman–Crippen MR) is 92.3 cm³/mol. The lowest BCUT2D eigenvalue weighted by Gasteiger charge is -2.27. The number of pyridine rings is 1. The third kappa shape index (κ3) is 3.15. The maximum Gasteiger partial charge on any atom is 0.137 e. The minimum absolute atomic E-state index is 0.803. The number of aromatic nitrogens is 2. The lowest BCUT2D eigenvalue weighted by molar-refractivity contribution is 0.0620. The molecule has 1 fully saturated rings. The van der Waals surface area contributed by atoms with E-state index in [4.69, 9.17) is 4.74 Å². The van der Waals surface area contributed by atoms with Crippen molar-refractivity contribution in [3.05, 3.63) is 36.3 Å². The molecule has 0 amide bonds. The van der Waals surface area contributed by atoms with E-state index in [0.29, 0.717) is 0 Å². The lowest BCUT2D eigenvalue weighted by atomic mass is 9.96. The smallest absolute Gasteiger partial charge is 0.137 e. The first-order valence-corrected chi connectivity index (χ1v) is 8.39. The average molecular weight is 310 g/mol. The van der Waals surface area contributed by atoms with E-state index in [1.54, 1.807) is 6.20 Å². The number of hydrogen-bond donors (Lipinski definition) is 1. The molecule has 2 aliphatic rings. The van der Waals surface area contributed by atoms with Crippen LogP contribution in [0, 0.1) is 5.92 Å². The SMILES string of the molecule is C1=NC(c2c[nH]c3ncccc23)=CN(CCC2CCOCC2)C1. The van der Waals surface area contributed by atoms with Gasteiger partial charge in [-0.05, 0) is 37.3 Å². The van der Waals surface area contributed by atoms with E-state index in [2.05, 4.69) is 32.1 Å². The molecule has 0 unspecified atom stereocenters. The van der Waals surface area contributed by atoms with Crippen molar-refractivity contribution in [2.45, 2.75) is 19.3 Å². The molecule has 120 valence electrons. The van der Waals surface area contributed by atoms with E-state index < -0.39 is 0 Å². The van der Waals surface area contributed by atoms with Gasteiger partial charge in [0.1, 0.15) is 5.65 Å². The summed E-state index contributed by atoms with van der Waals surface area (Å²) in [5.41, 5.74) is 3.06.